The minimum Gasteiger partial charge on any atom is -0.465 e. The Labute approximate surface area is 177 Å². The number of likely N-dealkylation sites (N-methyl/N-ethyl adjacent to an activating group) is 1. The highest BCUT2D eigenvalue weighted by atomic mass is 19.1. The first kappa shape index (κ1) is 20.8. The molecule has 162 valence electrons. The van der Waals surface area contributed by atoms with Crippen LogP contribution in [0, 0.1) is 11.6 Å². The van der Waals surface area contributed by atoms with Crippen LogP contribution < -0.4 is 10.5 Å². The summed E-state index contributed by atoms with van der Waals surface area (Å²) in [4.78, 5) is 27.8. The summed E-state index contributed by atoms with van der Waals surface area (Å²) in [6.45, 7) is 1.01. The Kier molecular flexibility index (Phi) is 5.58. The lowest BCUT2D eigenvalue weighted by Crippen LogP contribution is -2.44. The first-order chi connectivity index (χ1) is 14.9. The summed E-state index contributed by atoms with van der Waals surface area (Å²) < 4.78 is 28.8. The van der Waals surface area contributed by atoms with Gasteiger partial charge >= 0.3 is 6.09 Å². The molecule has 9 heteroatoms. The van der Waals surface area contributed by atoms with Gasteiger partial charge in [0.25, 0.3) is 5.56 Å². The predicted molar refractivity (Wildman–Crippen MR) is 113 cm³/mol. The third-order valence-electron chi connectivity index (χ3n) is 5.72. The maximum atomic E-state index is 14.5. The predicted octanol–water partition coefficient (Wildman–Crippen LogP) is 3.63. The van der Waals surface area contributed by atoms with Gasteiger partial charge in [0.05, 0.1) is 11.4 Å². The maximum absolute atomic E-state index is 14.5. The number of hydrogen-bond donors (Lipinski definition) is 1. The second kappa shape index (κ2) is 8.33. The zero-order valence-corrected chi connectivity index (χ0v) is 17.0. The van der Waals surface area contributed by atoms with Crippen molar-refractivity contribution < 1.29 is 18.7 Å². The molecule has 0 radical (unpaired) electrons. The molecule has 1 aliphatic rings. The molecule has 7 nitrogen and oxygen atoms in total. The van der Waals surface area contributed by atoms with Crippen LogP contribution in [0.15, 0.2) is 47.3 Å². The van der Waals surface area contributed by atoms with Crippen LogP contribution in [0.3, 0.4) is 0 Å². The molecule has 0 unspecified atom stereocenters. The van der Waals surface area contributed by atoms with Gasteiger partial charge in [-0.15, -0.1) is 5.10 Å². The van der Waals surface area contributed by atoms with Crippen LogP contribution >= 0.6 is 0 Å². The molecule has 4 rings (SSSR count). The summed E-state index contributed by atoms with van der Waals surface area (Å²) in [6, 6.07) is 9.62. The van der Waals surface area contributed by atoms with Gasteiger partial charge in [0.2, 0.25) is 0 Å². The van der Waals surface area contributed by atoms with Gasteiger partial charge in [0.1, 0.15) is 11.5 Å². The third-order valence-corrected chi connectivity index (χ3v) is 5.72. The number of nitrogens with zero attached hydrogens (tertiary/aromatic N) is 4. The van der Waals surface area contributed by atoms with Gasteiger partial charge in [-0.1, -0.05) is 18.2 Å². The molecule has 0 aliphatic carbocycles. The molecule has 31 heavy (non-hydrogen) atoms. The van der Waals surface area contributed by atoms with E-state index in [1.54, 1.807) is 24.3 Å². The SMILES string of the molecule is CN(C(=O)O)[C@@H]1CCCCN(c2nn(-c3ccc(F)cc3F)c(=O)c3ccccc23)C1. The smallest absolute Gasteiger partial charge is 0.407 e. The van der Waals surface area contributed by atoms with Crippen molar-refractivity contribution in [2.75, 3.05) is 25.0 Å². The largest absolute Gasteiger partial charge is 0.465 e. The molecule has 0 spiro atoms. The summed E-state index contributed by atoms with van der Waals surface area (Å²) in [6.07, 6.45) is 1.37. The number of rotatable bonds is 3. The molecule has 1 atom stereocenters. The molecule has 0 bridgehead atoms. The molecule has 1 aromatic heterocycles. The number of anilines is 1. The van der Waals surface area contributed by atoms with Gasteiger partial charge in [0.15, 0.2) is 11.6 Å². The van der Waals surface area contributed by atoms with Gasteiger partial charge in [-0.3, -0.25) is 4.79 Å². The Morgan fingerprint density at radius 1 is 1.16 bits per heavy atom. The van der Waals surface area contributed by atoms with Crippen LogP contribution in [0.25, 0.3) is 16.5 Å². The second-order valence-electron chi connectivity index (χ2n) is 7.67. The van der Waals surface area contributed by atoms with Crippen LogP contribution in [0.1, 0.15) is 19.3 Å². The van der Waals surface area contributed by atoms with Gasteiger partial charge in [0, 0.05) is 31.6 Å². The van der Waals surface area contributed by atoms with Crippen LogP contribution in [-0.2, 0) is 0 Å². The number of halogens is 2. The fourth-order valence-corrected chi connectivity index (χ4v) is 4.01. The zero-order valence-electron chi connectivity index (χ0n) is 17.0. The van der Waals surface area contributed by atoms with Crippen molar-refractivity contribution in [1.82, 2.24) is 14.7 Å². The highest BCUT2D eigenvalue weighted by Gasteiger charge is 2.27. The Bertz CT molecular complexity index is 1200. The van der Waals surface area contributed by atoms with Crippen molar-refractivity contribution >= 4 is 22.7 Å². The minimum atomic E-state index is -1.01. The molecular formula is C22H22F2N4O3. The van der Waals surface area contributed by atoms with Gasteiger partial charge < -0.3 is 14.9 Å². The van der Waals surface area contributed by atoms with Crippen molar-refractivity contribution in [3.05, 3.63) is 64.5 Å². The number of carboxylic acid groups (broad SMARTS) is 1. The van der Waals surface area contributed by atoms with Crippen LogP contribution in [0.4, 0.5) is 19.4 Å². The number of benzene rings is 2. The van der Waals surface area contributed by atoms with Gasteiger partial charge in [-0.25, -0.2) is 13.6 Å². The summed E-state index contributed by atoms with van der Waals surface area (Å²) in [5.41, 5.74) is -0.661. The standard InChI is InChI=1S/C22H22F2N4O3/c1-26(22(30)31)15-6-4-5-11-27(13-15)20-16-7-2-3-8-17(16)21(29)28(25-20)19-10-9-14(23)12-18(19)24/h2-3,7-10,12,15H,4-6,11,13H2,1H3,(H,30,31)/t15-/m1/s1. The molecule has 1 N–H and O–H groups in total. The van der Waals surface area contributed by atoms with Crippen molar-refractivity contribution in [3.63, 3.8) is 0 Å². The number of carbonyl (C=O) groups is 1. The molecular weight excluding hydrogens is 406 g/mol. The highest BCUT2D eigenvalue weighted by Crippen LogP contribution is 2.27. The fourth-order valence-electron chi connectivity index (χ4n) is 4.01. The van der Waals surface area contributed by atoms with Crippen molar-refractivity contribution in [3.8, 4) is 5.69 Å². The normalized spacial score (nSPS) is 16.9. The van der Waals surface area contributed by atoms with E-state index in [1.165, 1.54) is 18.0 Å². The molecule has 0 saturated carbocycles. The Balaban J connectivity index is 1.88. The monoisotopic (exact) mass is 428 g/mol. The summed E-state index contributed by atoms with van der Waals surface area (Å²) in [5, 5.41) is 14.8. The van der Waals surface area contributed by atoms with Crippen molar-refractivity contribution in [2.45, 2.75) is 25.3 Å². The van der Waals surface area contributed by atoms with Crippen LogP contribution in [0.2, 0.25) is 0 Å². The Hall–Kier alpha value is -3.49. The van der Waals surface area contributed by atoms with E-state index >= 15 is 0 Å². The Morgan fingerprint density at radius 3 is 2.61 bits per heavy atom. The lowest BCUT2D eigenvalue weighted by Gasteiger charge is -2.30. The van der Waals surface area contributed by atoms with Crippen molar-refractivity contribution in [1.29, 1.82) is 0 Å². The zero-order chi connectivity index (χ0) is 22.1. The second-order valence-corrected chi connectivity index (χ2v) is 7.67. The first-order valence-electron chi connectivity index (χ1n) is 10.0. The van der Waals surface area contributed by atoms with E-state index in [-0.39, 0.29) is 11.7 Å². The summed E-state index contributed by atoms with van der Waals surface area (Å²) in [7, 11) is 1.54. The number of amides is 1. The minimum absolute atomic E-state index is 0.146. The van der Waals surface area contributed by atoms with E-state index in [0.29, 0.717) is 42.2 Å². The van der Waals surface area contributed by atoms with E-state index in [9.17, 15) is 23.5 Å². The number of hydrogen-bond acceptors (Lipinski definition) is 4. The van der Waals surface area contributed by atoms with E-state index in [4.69, 9.17) is 0 Å². The van der Waals surface area contributed by atoms with E-state index in [0.717, 1.165) is 23.6 Å². The van der Waals surface area contributed by atoms with Gasteiger partial charge in [-0.05, 0) is 37.5 Å². The Morgan fingerprint density at radius 2 is 1.90 bits per heavy atom. The molecule has 2 aromatic carbocycles. The topological polar surface area (TPSA) is 78.7 Å². The summed E-state index contributed by atoms with van der Waals surface area (Å²) in [5.74, 6) is -1.18. The third kappa shape index (κ3) is 3.95. The van der Waals surface area contributed by atoms with Gasteiger partial charge in [-0.2, -0.15) is 4.68 Å². The van der Waals surface area contributed by atoms with Crippen LogP contribution in [0.5, 0.6) is 0 Å². The molecule has 3 aromatic rings. The molecule has 1 saturated heterocycles. The van der Waals surface area contributed by atoms with E-state index in [2.05, 4.69) is 5.10 Å². The highest BCUT2D eigenvalue weighted by molar-refractivity contribution is 5.91. The number of fused-ring (bicyclic) bond motifs is 1. The van der Waals surface area contributed by atoms with E-state index < -0.39 is 23.3 Å². The lowest BCUT2D eigenvalue weighted by atomic mass is 10.1. The lowest BCUT2D eigenvalue weighted by molar-refractivity contribution is 0.137. The molecule has 1 fully saturated rings. The average molecular weight is 428 g/mol. The first-order valence-corrected chi connectivity index (χ1v) is 10.0. The maximum Gasteiger partial charge on any atom is 0.407 e. The number of aromatic nitrogens is 2. The molecule has 2 heterocycles. The molecule has 1 aliphatic heterocycles. The summed E-state index contributed by atoms with van der Waals surface area (Å²) >= 11 is 0. The quantitative estimate of drug-likeness (QED) is 0.689. The average Bonchev–Trinajstić information content (AvgIpc) is 3.00. The van der Waals surface area contributed by atoms with Crippen LogP contribution in [-0.4, -0.2) is 52.1 Å². The van der Waals surface area contributed by atoms with E-state index in [1.807, 2.05) is 4.90 Å². The van der Waals surface area contributed by atoms with Crippen molar-refractivity contribution in [2.24, 2.45) is 0 Å². The fraction of sp³-hybridized carbons (Fsp3) is 0.318. The molecule has 1 amide bonds.